The Morgan fingerprint density at radius 2 is 2.14 bits per heavy atom. The summed E-state index contributed by atoms with van der Waals surface area (Å²) >= 11 is 0. The Morgan fingerprint density at radius 3 is 2.67 bits per heavy atom. The molecule has 1 aliphatic carbocycles. The van der Waals surface area contributed by atoms with E-state index in [4.69, 9.17) is 11.0 Å². The minimum absolute atomic E-state index is 0.429. The number of rotatable bonds is 6. The van der Waals surface area contributed by atoms with Gasteiger partial charge in [-0.15, -0.1) is 0 Å². The van der Waals surface area contributed by atoms with Crippen molar-refractivity contribution in [3.8, 4) is 6.07 Å². The standard InChI is InChI=1S/C14H16F2N4O/c15-14(16,7-10-1-5-19-6-2-10)8-11(18)12(21)20-13(9-17)3-4-13/h1-2,5-6,11H,3-4,7-8,18H2,(H,20,21)/t11-/m0/s1. The van der Waals surface area contributed by atoms with Crippen LogP contribution in [-0.2, 0) is 11.2 Å². The third-order valence-electron chi connectivity index (χ3n) is 3.39. The molecule has 21 heavy (non-hydrogen) atoms. The Labute approximate surface area is 121 Å². The smallest absolute Gasteiger partial charge is 0.254 e. The van der Waals surface area contributed by atoms with Crippen LogP contribution in [0.2, 0.25) is 0 Å². The number of nitriles is 1. The highest BCUT2D eigenvalue weighted by molar-refractivity contribution is 5.83. The van der Waals surface area contributed by atoms with E-state index in [-0.39, 0.29) is 0 Å². The van der Waals surface area contributed by atoms with E-state index in [1.54, 1.807) is 0 Å². The number of hydrogen-bond acceptors (Lipinski definition) is 4. The highest BCUT2D eigenvalue weighted by Crippen LogP contribution is 2.34. The van der Waals surface area contributed by atoms with E-state index in [0.717, 1.165) is 0 Å². The Morgan fingerprint density at radius 1 is 1.52 bits per heavy atom. The van der Waals surface area contributed by atoms with E-state index in [9.17, 15) is 13.6 Å². The molecule has 0 spiro atoms. The Bertz CT molecular complexity index is 552. The number of nitrogens with zero attached hydrogens (tertiary/aromatic N) is 2. The van der Waals surface area contributed by atoms with Gasteiger partial charge in [-0.05, 0) is 30.5 Å². The molecule has 1 heterocycles. The second kappa shape index (κ2) is 5.74. The van der Waals surface area contributed by atoms with Crippen LogP contribution in [0.15, 0.2) is 24.5 Å². The monoisotopic (exact) mass is 294 g/mol. The van der Waals surface area contributed by atoms with Crippen LogP contribution in [0.3, 0.4) is 0 Å². The molecule has 1 aliphatic rings. The van der Waals surface area contributed by atoms with Gasteiger partial charge in [-0.2, -0.15) is 5.26 Å². The predicted octanol–water partition coefficient (Wildman–Crippen LogP) is 1.15. The van der Waals surface area contributed by atoms with Gasteiger partial charge < -0.3 is 11.1 Å². The van der Waals surface area contributed by atoms with Gasteiger partial charge in [-0.3, -0.25) is 9.78 Å². The normalized spacial score (nSPS) is 17.6. The third-order valence-corrected chi connectivity index (χ3v) is 3.39. The summed E-state index contributed by atoms with van der Waals surface area (Å²) in [4.78, 5) is 15.5. The van der Waals surface area contributed by atoms with Crippen LogP contribution >= 0.6 is 0 Å². The number of carbonyl (C=O) groups is 1. The predicted molar refractivity (Wildman–Crippen MR) is 71.2 cm³/mol. The lowest BCUT2D eigenvalue weighted by atomic mass is 10.0. The summed E-state index contributed by atoms with van der Waals surface area (Å²) in [5.74, 6) is -3.80. The average molecular weight is 294 g/mol. The lowest BCUT2D eigenvalue weighted by molar-refractivity contribution is -0.125. The zero-order chi connectivity index (χ0) is 15.5. The lowest BCUT2D eigenvalue weighted by Crippen LogP contribution is -2.48. The van der Waals surface area contributed by atoms with E-state index < -0.39 is 36.3 Å². The van der Waals surface area contributed by atoms with Crippen molar-refractivity contribution in [2.75, 3.05) is 0 Å². The fraction of sp³-hybridized carbons (Fsp3) is 0.500. The third kappa shape index (κ3) is 4.20. The Balaban J connectivity index is 1.90. The molecule has 0 unspecified atom stereocenters. The first-order chi connectivity index (χ1) is 9.86. The Hall–Kier alpha value is -2.07. The van der Waals surface area contributed by atoms with Gasteiger partial charge in [-0.25, -0.2) is 8.78 Å². The summed E-state index contributed by atoms with van der Waals surface area (Å²) in [6.07, 6.45) is 2.68. The number of halogens is 2. The van der Waals surface area contributed by atoms with Crippen LogP contribution in [0, 0.1) is 11.3 Å². The highest BCUT2D eigenvalue weighted by Gasteiger charge is 2.46. The zero-order valence-corrected chi connectivity index (χ0v) is 11.4. The molecule has 1 atom stereocenters. The molecule has 1 aromatic heterocycles. The molecule has 112 valence electrons. The molecule has 0 aromatic carbocycles. The minimum atomic E-state index is -3.10. The average Bonchev–Trinajstić information content (AvgIpc) is 3.19. The summed E-state index contributed by atoms with van der Waals surface area (Å²) in [5, 5.41) is 11.3. The van der Waals surface area contributed by atoms with Crippen molar-refractivity contribution in [3.63, 3.8) is 0 Å². The number of amides is 1. The summed E-state index contributed by atoms with van der Waals surface area (Å²) in [7, 11) is 0. The molecule has 0 saturated heterocycles. The minimum Gasteiger partial charge on any atom is -0.336 e. The van der Waals surface area contributed by atoms with Crippen molar-refractivity contribution in [2.24, 2.45) is 5.73 Å². The molecule has 0 radical (unpaired) electrons. The topological polar surface area (TPSA) is 91.8 Å². The van der Waals surface area contributed by atoms with Gasteiger partial charge in [0.1, 0.15) is 5.54 Å². The second-order valence-corrected chi connectivity index (χ2v) is 5.38. The fourth-order valence-corrected chi connectivity index (χ4v) is 2.00. The van der Waals surface area contributed by atoms with Crippen molar-refractivity contribution in [2.45, 2.75) is 43.2 Å². The van der Waals surface area contributed by atoms with Gasteiger partial charge >= 0.3 is 0 Å². The Kier molecular flexibility index (Phi) is 4.19. The molecule has 1 amide bonds. The second-order valence-electron chi connectivity index (χ2n) is 5.38. The maximum Gasteiger partial charge on any atom is 0.254 e. The molecule has 1 saturated carbocycles. The number of nitrogens with two attached hydrogens (primary N) is 1. The van der Waals surface area contributed by atoms with Crippen molar-refractivity contribution < 1.29 is 13.6 Å². The molecule has 0 aliphatic heterocycles. The number of nitrogens with one attached hydrogen (secondary N) is 1. The van der Waals surface area contributed by atoms with Crippen LogP contribution in [0.5, 0.6) is 0 Å². The van der Waals surface area contributed by atoms with Crippen LogP contribution in [0.25, 0.3) is 0 Å². The molecule has 5 nitrogen and oxygen atoms in total. The SMILES string of the molecule is N#CC1(NC(=O)[C@@H](N)CC(F)(F)Cc2ccncc2)CC1. The van der Waals surface area contributed by atoms with Crippen molar-refractivity contribution >= 4 is 5.91 Å². The van der Waals surface area contributed by atoms with E-state index in [2.05, 4.69) is 10.3 Å². The number of hydrogen-bond donors (Lipinski definition) is 2. The molecule has 7 heteroatoms. The van der Waals surface area contributed by atoms with Gasteiger partial charge in [0.15, 0.2) is 0 Å². The first kappa shape index (κ1) is 15.3. The molecule has 3 N–H and O–H groups in total. The van der Waals surface area contributed by atoms with Crippen molar-refractivity contribution in [3.05, 3.63) is 30.1 Å². The van der Waals surface area contributed by atoms with E-state index in [0.29, 0.717) is 18.4 Å². The molecular formula is C14H16F2N4O. The quantitative estimate of drug-likeness (QED) is 0.823. The number of aromatic nitrogens is 1. The first-order valence-electron chi connectivity index (χ1n) is 6.61. The maximum absolute atomic E-state index is 13.9. The van der Waals surface area contributed by atoms with Crippen molar-refractivity contribution in [1.29, 1.82) is 5.26 Å². The number of carbonyl (C=O) groups excluding carboxylic acids is 1. The van der Waals surface area contributed by atoms with Crippen LogP contribution in [0.4, 0.5) is 8.78 Å². The van der Waals surface area contributed by atoms with Gasteiger partial charge in [-0.1, -0.05) is 0 Å². The van der Waals surface area contributed by atoms with E-state index in [1.807, 2.05) is 6.07 Å². The lowest BCUT2D eigenvalue weighted by Gasteiger charge is -2.21. The molecule has 1 aromatic rings. The summed E-state index contributed by atoms with van der Waals surface area (Å²) in [6.45, 7) is 0. The van der Waals surface area contributed by atoms with Crippen LogP contribution < -0.4 is 11.1 Å². The summed E-state index contributed by atoms with van der Waals surface area (Å²) in [5.41, 5.74) is 5.07. The van der Waals surface area contributed by atoms with Crippen LogP contribution in [-0.4, -0.2) is 28.4 Å². The molecule has 0 bridgehead atoms. The number of alkyl halides is 2. The fourth-order valence-electron chi connectivity index (χ4n) is 2.00. The van der Waals surface area contributed by atoms with Gasteiger partial charge in [0.2, 0.25) is 5.91 Å². The zero-order valence-electron chi connectivity index (χ0n) is 11.4. The van der Waals surface area contributed by atoms with E-state index >= 15 is 0 Å². The first-order valence-corrected chi connectivity index (χ1v) is 6.61. The summed E-state index contributed by atoms with van der Waals surface area (Å²) < 4.78 is 27.8. The largest absolute Gasteiger partial charge is 0.336 e. The van der Waals surface area contributed by atoms with Gasteiger partial charge in [0.05, 0.1) is 12.1 Å². The summed E-state index contributed by atoms with van der Waals surface area (Å²) in [6, 6.07) is 3.61. The van der Waals surface area contributed by atoms with Gasteiger partial charge in [0.25, 0.3) is 5.92 Å². The number of pyridine rings is 1. The van der Waals surface area contributed by atoms with E-state index in [1.165, 1.54) is 24.5 Å². The maximum atomic E-state index is 13.9. The molecule has 2 rings (SSSR count). The molecule has 1 fully saturated rings. The molecular weight excluding hydrogens is 278 g/mol. The van der Waals surface area contributed by atoms with Gasteiger partial charge in [0, 0.05) is 25.2 Å². The van der Waals surface area contributed by atoms with Crippen LogP contribution in [0.1, 0.15) is 24.8 Å². The highest BCUT2D eigenvalue weighted by atomic mass is 19.3. The van der Waals surface area contributed by atoms with Crippen molar-refractivity contribution in [1.82, 2.24) is 10.3 Å².